The van der Waals surface area contributed by atoms with Crippen LogP contribution in [0.5, 0.6) is 0 Å². The molecular weight excluding hydrogens is 468 g/mol. The zero-order valence-electron chi connectivity index (χ0n) is 19.5. The Balaban J connectivity index is 1.58. The van der Waals surface area contributed by atoms with Crippen molar-refractivity contribution in [1.29, 1.82) is 0 Å². The summed E-state index contributed by atoms with van der Waals surface area (Å²) in [5, 5.41) is 7.50. The Morgan fingerprint density at radius 2 is 1.83 bits per heavy atom. The van der Waals surface area contributed by atoms with E-state index in [-0.39, 0.29) is 30.2 Å². The molecule has 0 saturated heterocycles. The molecule has 0 amide bonds. The van der Waals surface area contributed by atoms with E-state index in [0.717, 1.165) is 41.7 Å². The van der Waals surface area contributed by atoms with E-state index in [1.165, 1.54) is 35.6 Å². The minimum Gasteiger partial charge on any atom is -0.462 e. The summed E-state index contributed by atoms with van der Waals surface area (Å²) in [4.78, 5) is 17.6. The highest BCUT2D eigenvalue weighted by Crippen LogP contribution is 2.47. The van der Waals surface area contributed by atoms with Crippen molar-refractivity contribution in [2.24, 2.45) is 11.0 Å². The van der Waals surface area contributed by atoms with Crippen molar-refractivity contribution in [2.45, 2.75) is 39.2 Å². The summed E-state index contributed by atoms with van der Waals surface area (Å²) in [6.45, 7) is 3.84. The standard InChI is InChI=1S/C27H25F2N3O2S/c1-3-34-26(33)25-16(2)30-27(35-25)32-24(18-9-13-21(29)14-10-18)22-6-4-5-19(23(22)31-32)15-17-7-11-20(28)12-8-17/h7-15,22,24H,3-6H2,1-2H3/b19-15-/t22-,24-/m0/s1. The van der Waals surface area contributed by atoms with Crippen molar-refractivity contribution >= 4 is 34.2 Å². The lowest BCUT2D eigenvalue weighted by atomic mass is 9.77. The van der Waals surface area contributed by atoms with E-state index in [1.807, 2.05) is 5.01 Å². The maximum Gasteiger partial charge on any atom is 0.350 e. The second kappa shape index (κ2) is 9.70. The quantitative estimate of drug-likeness (QED) is 0.371. The van der Waals surface area contributed by atoms with Gasteiger partial charge in [-0.05, 0) is 80.2 Å². The molecule has 2 aromatic carbocycles. The number of hydrogen-bond donors (Lipinski definition) is 0. The van der Waals surface area contributed by atoms with Gasteiger partial charge in [0.25, 0.3) is 0 Å². The molecule has 35 heavy (non-hydrogen) atoms. The van der Waals surface area contributed by atoms with Gasteiger partial charge in [-0.3, -0.25) is 0 Å². The molecule has 1 aliphatic carbocycles. The highest BCUT2D eigenvalue weighted by atomic mass is 32.1. The van der Waals surface area contributed by atoms with Gasteiger partial charge in [0.15, 0.2) is 0 Å². The van der Waals surface area contributed by atoms with E-state index in [1.54, 1.807) is 38.1 Å². The number of aromatic nitrogens is 1. The lowest BCUT2D eigenvalue weighted by Gasteiger charge is -2.29. The number of nitrogens with zero attached hydrogens (tertiary/aromatic N) is 3. The van der Waals surface area contributed by atoms with Gasteiger partial charge in [-0.15, -0.1) is 0 Å². The molecule has 5 nitrogen and oxygen atoms in total. The molecule has 1 saturated carbocycles. The molecular formula is C27H25F2N3O2S. The summed E-state index contributed by atoms with van der Waals surface area (Å²) in [7, 11) is 0. The smallest absolute Gasteiger partial charge is 0.350 e. The Morgan fingerprint density at radius 3 is 2.51 bits per heavy atom. The Kier molecular flexibility index (Phi) is 6.47. The van der Waals surface area contributed by atoms with Crippen LogP contribution in [0.3, 0.4) is 0 Å². The number of carbonyl (C=O) groups is 1. The van der Waals surface area contributed by atoms with Crippen LogP contribution in [0.4, 0.5) is 13.9 Å². The van der Waals surface area contributed by atoms with E-state index < -0.39 is 5.97 Å². The van der Waals surface area contributed by atoms with Gasteiger partial charge < -0.3 is 4.74 Å². The SMILES string of the molecule is CCOC(=O)c1sc(N2N=C3/C(=C\c4ccc(F)cc4)CCC[C@@H]3[C@@H]2c2ccc(F)cc2)nc1C. The number of fused-ring (bicyclic) bond motifs is 1. The van der Waals surface area contributed by atoms with Crippen LogP contribution in [0, 0.1) is 24.5 Å². The molecule has 1 aliphatic heterocycles. The summed E-state index contributed by atoms with van der Waals surface area (Å²) < 4.78 is 32.3. The predicted molar refractivity (Wildman–Crippen MR) is 134 cm³/mol. The fourth-order valence-electron chi connectivity index (χ4n) is 4.78. The largest absolute Gasteiger partial charge is 0.462 e. The number of halogens is 2. The van der Waals surface area contributed by atoms with E-state index >= 15 is 0 Å². The Hall–Kier alpha value is -3.39. The second-order valence-corrected chi connectivity index (χ2v) is 9.66. The number of thiazole rings is 1. The molecule has 2 atom stereocenters. The Morgan fingerprint density at radius 1 is 1.14 bits per heavy atom. The highest BCUT2D eigenvalue weighted by Gasteiger charge is 2.43. The number of anilines is 1. The third-order valence-corrected chi connectivity index (χ3v) is 7.49. The fraction of sp³-hybridized carbons (Fsp3) is 0.296. The number of hydrogen-bond acceptors (Lipinski definition) is 6. The highest BCUT2D eigenvalue weighted by molar-refractivity contribution is 7.17. The first-order valence-electron chi connectivity index (χ1n) is 11.7. The number of allylic oxidation sites excluding steroid dienone is 1. The van der Waals surface area contributed by atoms with Crippen molar-refractivity contribution in [3.63, 3.8) is 0 Å². The van der Waals surface area contributed by atoms with Crippen molar-refractivity contribution in [1.82, 2.24) is 4.98 Å². The molecule has 1 fully saturated rings. The van der Waals surface area contributed by atoms with E-state index in [9.17, 15) is 13.6 Å². The molecule has 3 aromatic rings. The van der Waals surface area contributed by atoms with Gasteiger partial charge in [-0.1, -0.05) is 35.6 Å². The molecule has 0 spiro atoms. The van der Waals surface area contributed by atoms with Gasteiger partial charge in [0.1, 0.15) is 16.5 Å². The number of rotatable bonds is 5. The number of ether oxygens (including phenoxy) is 1. The number of carbonyl (C=O) groups excluding carboxylic acids is 1. The Bertz CT molecular complexity index is 1300. The zero-order chi connectivity index (χ0) is 24.5. The maximum absolute atomic E-state index is 13.7. The fourth-order valence-corrected chi connectivity index (χ4v) is 5.73. The second-order valence-electron chi connectivity index (χ2n) is 8.68. The van der Waals surface area contributed by atoms with Gasteiger partial charge in [0.05, 0.1) is 24.1 Å². The van der Waals surface area contributed by atoms with Crippen LogP contribution in [-0.2, 0) is 4.74 Å². The molecule has 0 N–H and O–H groups in total. The van der Waals surface area contributed by atoms with Crippen molar-refractivity contribution in [2.75, 3.05) is 11.6 Å². The number of esters is 1. The first-order chi connectivity index (χ1) is 16.9. The van der Waals surface area contributed by atoms with E-state index in [2.05, 4.69) is 11.1 Å². The summed E-state index contributed by atoms with van der Waals surface area (Å²) in [6.07, 6.45) is 4.83. The third kappa shape index (κ3) is 4.62. The van der Waals surface area contributed by atoms with Gasteiger partial charge in [0.2, 0.25) is 5.13 Å². The molecule has 8 heteroatoms. The van der Waals surface area contributed by atoms with Crippen LogP contribution in [0.25, 0.3) is 6.08 Å². The van der Waals surface area contributed by atoms with Gasteiger partial charge >= 0.3 is 5.97 Å². The van der Waals surface area contributed by atoms with Crippen LogP contribution in [0.1, 0.15) is 58.7 Å². The molecule has 5 rings (SSSR count). The molecule has 0 bridgehead atoms. The summed E-state index contributed by atoms with van der Waals surface area (Å²) >= 11 is 1.26. The van der Waals surface area contributed by atoms with Gasteiger partial charge in [-0.25, -0.2) is 23.6 Å². The summed E-state index contributed by atoms with van der Waals surface area (Å²) in [6, 6.07) is 12.7. The molecule has 180 valence electrons. The third-order valence-electron chi connectivity index (χ3n) is 6.37. The van der Waals surface area contributed by atoms with Crippen LogP contribution in [0.2, 0.25) is 0 Å². The van der Waals surface area contributed by atoms with E-state index in [4.69, 9.17) is 9.84 Å². The van der Waals surface area contributed by atoms with Crippen LogP contribution >= 0.6 is 11.3 Å². The zero-order valence-corrected chi connectivity index (χ0v) is 20.3. The first-order valence-corrected chi connectivity index (χ1v) is 12.5. The molecule has 2 aliphatic rings. The molecule has 0 unspecified atom stereocenters. The number of hydrazone groups is 1. The number of benzene rings is 2. The summed E-state index contributed by atoms with van der Waals surface area (Å²) in [5.74, 6) is -0.884. The number of aryl methyl sites for hydroxylation is 1. The van der Waals surface area contributed by atoms with Crippen molar-refractivity contribution < 1.29 is 18.3 Å². The van der Waals surface area contributed by atoms with Gasteiger partial charge in [0, 0.05) is 5.92 Å². The molecule has 0 radical (unpaired) electrons. The minimum absolute atomic E-state index is 0.0798. The monoisotopic (exact) mass is 493 g/mol. The average Bonchev–Trinajstić information content (AvgIpc) is 3.43. The minimum atomic E-state index is -0.395. The average molecular weight is 494 g/mol. The maximum atomic E-state index is 13.7. The normalized spacial score (nSPS) is 20.6. The lowest BCUT2D eigenvalue weighted by Crippen LogP contribution is -2.28. The van der Waals surface area contributed by atoms with Crippen LogP contribution < -0.4 is 5.01 Å². The first kappa shape index (κ1) is 23.4. The predicted octanol–water partition coefficient (Wildman–Crippen LogP) is 6.71. The van der Waals surface area contributed by atoms with Crippen LogP contribution in [0.15, 0.2) is 59.2 Å². The van der Waals surface area contributed by atoms with Crippen LogP contribution in [-0.4, -0.2) is 23.3 Å². The topological polar surface area (TPSA) is 54.8 Å². The molecule has 2 heterocycles. The summed E-state index contributed by atoms with van der Waals surface area (Å²) in [5.41, 5.74) is 4.50. The molecule has 1 aromatic heterocycles. The lowest BCUT2D eigenvalue weighted by molar-refractivity contribution is 0.0531. The van der Waals surface area contributed by atoms with Crippen molar-refractivity contribution in [3.05, 3.63) is 87.4 Å². The van der Waals surface area contributed by atoms with E-state index in [0.29, 0.717) is 15.7 Å². The Labute approximate surface area is 206 Å². The van der Waals surface area contributed by atoms with Crippen molar-refractivity contribution in [3.8, 4) is 0 Å². The van der Waals surface area contributed by atoms with Gasteiger partial charge in [-0.2, -0.15) is 5.10 Å².